The minimum Gasteiger partial charge on any atom is -0.380 e. The normalized spacial score (nSPS) is 12.2. The molecule has 0 atom stereocenters. The van der Waals surface area contributed by atoms with Crippen LogP contribution in [0.4, 0.5) is 0 Å². The topological polar surface area (TPSA) is 67.4 Å². The Morgan fingerprint density at radius 3 is 2.67 bits per heavy atom. The summed E-state index contributed by atoms with van der Waals surface area (Å²) in [6.07, 6.45) is 0.990. The molecule has 7 heteroatoms. The van der Waals surface area contributed by atoms with Crippen molar-refractivity contribution in [1.82, 2.24) is 10.0 Å². The van der Waals surface area contributed by atoms with Gasteiger partial charge in [0.25, 0.3) is 0 Å². The van der Waals surface area contributed by atoms with E-state index in [9.17, 15) is 8.42 Å². The number of sulfonamides is 1. The standard InChI is InChI=1S/C14H26N2O3S2/c1-11(2)5-7-19-8-6-16-21(17,18)14-9-12(3)13(20-14)10-15-4/h9,11,15-16H,5-8,10H2,1-4H3. The van der Waals surface area contributed by atoms with E-state index in [2.05, 4.69) is 23.9 Å². The molecule has 1 heterocycles. The van der Waals surface area contributed by atoms with Crippen LogP contribution in [0.2, 0.25) is 0 Å². The van der Waals surface area contributed by atoms with E-state index < -0.39 is 10.0 Å². The van der Waals surface area contributed by atoms with Crippen molar-refractivity contribution >= 4 is 21.4 Å². The quantitative estimate of drug-likeness (QED) is 0.643. The lowest BCUT2D eigenvalue weighted by Gasteiger charge is -2.07. The van der Waals surface area contributed by atoms with E-state index in [-0.39, 0.29) is 0 Å². The number of thiophene rings is 1. The molecule has 1 aromatic rings. The van der Waals surface area contributed by atoms with Gasteiger partial charge in [0.1, 0.15) is 4.21 Å². The first-order valence-corrected chi connectivity index (χ1v) is 9.48. The molecule has 0 bridgehead atoms. The van der Waals surface area contributed by atoms with E-state index in [1.54, 1.807) is 6.07 Å². The Morgan fingerprint density at radius 2 is 2.05 bits per heavy atom. The van der Waals surface area contributed by atoms with Crippen LogP contribution in [0.15, 0.2) is 10.3 Å². The van der Waals surface area contributed by atoms with Crippen molar-refractivity contribution in [3.8, 4) is 0 Å². The number of nitrogens with one attached hydrogen (secondary N) is 2. The van der Waals surface area contributed by atoms with Gasteiger partial charge in [-0.25, -0.2) is 13.1 Å². The third-order valence-corrected chi connectivity index (χ3v) is 6.15. The maximum absolute atomic E-state index is 12.2. The molecule has 0 radical (unpaired) electrons. The summed E-state index contributed by atoms with van der Waals surface area (Å²) in [5.74, 6) is 0.599. The van der Waals surface area contributed by atoms with E-state index in [1.165, 1.54) is 11.3 Å². The zero-order valence-corrected chi connectivity index (χ0v) is 14.9. The third-order valence-electron chi connectivity index (χ3n) is 2.98. The zero-order chi connectivity index (χ0) is 15.9. The Morgan fingerprint density at radius 1 is 1.33 bits per heavy atom. The van der Waals surface area contributed by atoms with E-state index in [1.807, 2.05) is 14.0 Å². The minimum atomic E-state index is -3.42. The number of aryl methyl sites for hydroxylation is 1. The molecule has 1 rings (SSSR count). The maximum Gasteiger partial charge on any atom is 0.250 e. The van der Waals surface area contributed by atoms with Crippen molar-refractivity contribution in [2.45, 2.75) is 37.9 Å². The molecule has 0 saturated carbocycles. The molecule has 1 aromatic heterocycles. The number of hydrogen-bond acceptors (Lipinski definition) is 5. The van der Waals surface area contributed by atoms with Gasteiger partial charge in [-0.05, 0) is 37.9 Å². The molecular formula is C14H26N2O3S2. The lowest BCUT2D eigenvalue weighted by Crippen LogP contribution is -2.27. The van der Waals surface area contributed by atoms with E-state index in [0.29, 0.717) is 36.4 Å². The van der Waals surface area contributed by atoms with E-state index >= 15 is 0 Å². The van der Waals surface area contributed by atoms with Gasteiger partial charge in [-0.2, -0.15) is 0 Å². The van der Waals surface area contributed by atoms with Crippen molar-refractivity contribution in [2.75, 3.05) is 26.8 Å². The highest BCUT2D eigenvalue weighted by molar-refractivity contribution is 7.91. The minimum absolute atomic E-state index is 0.304. The van der Waals surface area contributed by atoms with Crippen LogP contribution < -0.4 is 10.0 Å². The van der Waals surface area contributed by atoms with Crippen LogP contribution in [0.1, 0.15) is 30.7 Å². The number of rotatable bonds is 10. The predicted molar refractivity (Wildman–Crippen MR) is 87.3 cm³/mol. The fourth-order valence-electron chi connectivity index (χ4n) is 1.70. The predicted octanol–water partition coefficient (Wildman–Crippen LogP) is 2.12. The molecule has 0 amide bonds. The molecule has 0 aliphatic carbocycles. The Bertz CT molecular complexity index is 524. The van der Waals surface area contributed by atoms with E-state index in [4.69, 9.17) is 4.74 Å². The summed E-state index contributed by atoms with van der Waals surface area (Å²) in [5.41, 5.74) is 1.00. The summed E-state index contributed by atoms with van der Waals surface area (Å²) >= 11 is 1.31. The van der Waals surface area contributed by atoms with Crippen LogP contribution in [0.3, 0.4) is 0 Å². The molecule has 21 heavy (non-hydrogen) atoms. The second kappa shape index (κ2) is 8.85. The summed E-state index contributed by atoms with van der Waals surface area (Å²) in [7, 11) is -1.58. The van der Waals surface area contributed by atoms with Gasteiger partial charge in [0.2, 0.25) is 10.0 Å². The summed E-state index contributed by atoms with van der Waals surface area (Å²) in [6.45, 7) is 8.26. The average Bonchev–Trinajstić information content (AvgIpc) is 2.76. The second-order valence-electron chi connectivity index (χ2n) is 5.39. The fourth-order valence-corrected chi connectivity index (χ4v) is 4.36. The van der Waals surface area contributed by atoms with Gasteiger partial charge in [0.05, 0.1) is 6.61 Å². The van der Waals surface area contributed by atoms with Gasteiger partial charge in [0, 0.05) is 24.6 Å². The van der Waals surface area contributed by atoms with Gasteiger partial charge in [-0.1, -0.05) is 13.8 Å². The number of hydrogen-bond donors (Lipinski definition) is 2. The molecule has 5 nitrogen and oxygen atoms in total. The van der Waals surface area contributed by atoms with E-state index in [0.717, 1.165) is 16.9 Å². The molecular weight excluding hydrogens is 308 g/mol. The van der Waals surface area contributed by atoms with Crippen molar-refractivity contribution in [3.63, 3.8) is 0 Å². The van der Waals surface area contributed by atoms with Crippen molar-refractivity contribution in [1.29, 1.82) is 0 Å². The molecule has 2 N–H and O–H groups in total. The first-order chi connectivity index (χ1) is 9.86. The van der Waals surface area contributed by atoms with Crippen molar-refractivity contribution < 1.29 is 13.2 Å². The lowest BCUT2D eigenvalue weighted by molar-refractivity contribution is 0.128. The Kier molecular flexibility index (Phi) is 7.83. The number of ether oxygens (including phenoxy) is 1. The monoisotopic (exact) mass is 334 g/mol. The molecule has 0 aliphatic heterocycles. The van der Waals surface area contributed by atoms with Crippen LogP contribution in [-0.2, 0) is 21.3 Å². The van der Waals surface area contributed by atoms with Crippen LogP contribution in [0.5, 0.6) is 0 Å². The van der Waals surface area contributed by atoms with Crippen LogP contribution >= 0.6 is 11.3 Å². The third kappa shape index (κ3) is 6.44. The Balaban J connectivity index is 2.44. The van der Waals surface area contributed by atoms with Gasteiger partial charge >= 0.3 is 0 Å². The Labute approximate surface area is 132 Å². The summed E-state index contributed by atoms with van der Waals surface area (Å²) < 4.78 is 32.7. The molecule has 0 aromatic carbocycles. The smallest absolute Gasteiger partial charge is 0.250 e. The fraction of sp³-hybridized carbons (Fsp3) is 0.714. The van der Waals surface area contributed by atoms with Crippen molar-refractivity contribution in [3.05, 3.63) is 16.5 Å². The Hall–Kier alpha value is -0.470. The average molecular weight is 335 g/mol. The maximum atomic E-state index is 12.2. The van der Waals surface area contributed by atoms with Crippen molar-refractivity contribution in [2.24, 2.45) is 5.92 Å². The highest BCUT2D eigenvalue weighted by Crippen LogP contribution is 2.25. The first-order valence-electron chi connectivity index (χ1n) is 7.18. The zero-order valence-electron chi connectivity index (χ0n) is 13.2. The van der Waals surface area contributed by atoms with Gasteiger partial charge in [-0.3, -0.25) is 0 Å². The largest absolute Gasteiger partial charge is 0.380 e. The van der Waals surface area contributed by atoms with Gasteiger partial charge < -0.3 is 10.1 Å². The summed E-state index contributed by atoms with van der Waals surface area (Å²) in [4.78, 5) is 1.05. The van der Waals surface area contributed by atoms with Crippen LogP contribution in [-0.4, -0.2) is 35.2 Å². The summed E-state index contributed by atoms with van der Waals surface area (Å²) in [5, 5.41) is 3.04. The SMILES string of the molecule is CNCc1sc(S(=O)(=O)NCCOCCC(C)C)cc1C. The van der Waals surface area contributed by atoms with Crippen LogP contribution in [0, 0.1) is 12.8 Å². The summed E-state index contributed by atoms with van der Waals surface area (Å²) in [6, 6.07) is 1.72. The van der Waals surface area contributed by atoms with Gasteiger partial charge in [-0.15, -0.1) is 11.3 Å². The second-order valence-corrected chi connectivity index (χ2v) is 8.53. The van der Waals surface area contributed by atoms with Crippen LogP contribution in [0.25, 0.3) is 0 Å². The molecule has 0 saturated heterocycles. The highest BCUT2D eigenvalue weighted by Gasteiger charge is 2.18. The highest BCUT2D eigenvalue weighted by atomic mass is 32.2. The lowest BCUT2D eigenvalue weighted by atomic mass is 10.1. The molecule has 0 spiro atoms. The van der Waals surface area contributed by atoms with Gasteiger partial charge in [0.15, 0.2) is 0 Å². The molecule has 122 valence electrons. The first kappa shape index (κ1) is 18.6. The molecule has 0 fully saturated rings. The molecule has 0 aliphatic rings. The molecule has 0 unspecified atom stereocenters.